The van der Waals surface area contributed by atoms with E-state index in [9.17, 15) is 22.6 Å². The summed E-state index contributed by atoms with van der Waals surface area (Å²) in [5, 5.41) is 2.82. The summed E-state index contributed by atoms with van der Waals surface area (Å²) in [6.07, 6.45) is 2.90. The number of ether oxygens (including phenoxy) is 1. The van der Waals surface area contributed by atoms with Crippen LogP contribution >= 0.6 is 0 Å². The second-order valence-corrected chi connectivity index (χ2v) is 8.10. The van der Waals surface area contributed by atoms with Gasteiger partial charge in [-0.05, 0) is 32.5 Å². The smallest absolute Gasteiger partial charge is 0.225 e. The number of nitrogens with one attached hydrogen (secondary N) is 1. The van der Waals surface area contributed by atoms with Gasteiger partial charge >= 0.3 is 0 Å². The highest BCUT2D eigenvalue weighted by atomic mass is 32.2. The lowest BCUT2D eigenvalue weighted by Gasteiger charge is -2.19. The Morgan fingerprint density at radius 2 is 2.03 bits per heavy atom. The Bertz CT molecular complexity index is 1020. The lowest BCUT2D eigenvalue weighted by atomic mass is 10.0. The number of nitrogens with two attached hydrogens (primary N) is 1. The maximum absolute atomic E-state index is 14.2. The molecule has 3 N–H and O–H groups in total. The molecule has 0 spiro atoms. The van der Waals surface area contributed by atoms with Crippen molar-refractivity contribution in [1.82, 2.24) is 14.3 Å². The van der Waals surface area contributed by atoms with Crippen LogP contribution in [0, 0.1) is 11.6 Å². The Hall–Kier alpha value is -2.99. The van der Waals surface area contributed by atoms with Gasteiger partial charge in [0.2, 0.25) is 11.7 Å². The van der Waals surface area contributed by atoms with Crippen LogP contribution in [0.15, 0.2) is 18.3 Å². The molecule has 1 heterocycles. The normalized spacial score (nSPS) is 13.0. The van der Waals surface area contributed by atoms with Gasteiger partial charge in [-0.25, -0.2) is 22.3 Å². The zero-order valence-corrected chi connectivity index (χ0v) is 18.3. The molecule has 0 aliphatic carbocycles. The number of nitrogen functional groups attached to an aromatic ring is 1. The van der Waals surface area contributed by atoms with Crippen molar-refractivity contribution in [3.63, 3.8) is 0 Å². The fourth-order valence-corrected chi connectivity index (χ4v) is 3.02. The van der Waals surface area contributed by atoms with Crippen molar-refractivity contribution in [1.29, 1.82) is 0 Å². The van der Waals surface area contributed by atoms with Crippen LogP contribution < -0.4 is 15.8 Å². The number of rotatable bonds is 10. The van der Waals surface area contributed by atoms with E-state index in [1.54, 1.807) is 11.4 Å². The second kappa shape index (κ2) is 10.4. The van der Waals surface area contributed by atoms with Crippen LogP contribution in [0.4, 0.5) is 20.5 Å². The van der Waals surface area contributed by atoms with Crippen LogP contribution in [0.5, 0.6) is 5.75 Å². The van der Waals surface area contributed by atoms with Crippen molar-refractivity contribution in [2.24, 2.45) is 0 Å². The van der Waals surface area contributed by atoms with Crippen molar-refractivity contribution in [3.05, 3.63) is 41.1 Å². The molecule has 9 nitrogen and oxygen atoms in total. The molecule has 31 heavy (non-hydrogen) atoms. The van der Waals surface area contributed by atoms with Crippen LogP contribution in [0.2, 0.25) is 0 Å². The Balaban J connectivity index is 2.27. The molecule has 1 aromatic carbocycles. The first-order valence-electron chi connectivity index (χ1n) is 9.07. The first kappa shape index (κ1) is 24.3. The number of carbonyl (C=O) groups is 2. The molecule has 2 atom stereocenters. The summed E-state index contributed by atoms with van der Waals surface area (Å²) in [5.74, 6) is -4.23. The minimum atomic E-state index is -1.37. The van der Waals surface area contributed by atoms with Gasteiger partial charge in [0, 0.05) is 19.0 Å². The highest BCUT2D eigenvalue weighted by molar-refractivity contribution is 7.81. The fraction of sp³-hybridized carbons (Fsp3) is 0.368. The molecular weight excluding hydrogens is 432 g/mol. The number of benzene rings is 1. The van der Waals surface area contributed by atoms with Crippen LogP contribution in [-0.4, -0.2) is 63.0 Å². The van der Waals surface area contributed by atoms with E-state index in [1.165, 1.54) is 20.3 Å². The molecule has 12 heteroatoms. The molecule has 1 aromatic heterocycles. The number of aromatic nitrogens is 2. The molecule has 0 radical (unpaired) electrons. The Morgan fingerprint density at radius 3 is 2.58 bits per heavy atom. The number of nitrogens with zero attached hydrogens (tertiary/aromatic N) is 3. The molecule has 0 amide bonds. The summed E-state index contributed by atoms with van der Waals surface area (Å²) in [6, 6.07) is 1.27. The SMILES string of the molecule is COc1ccc(F)c(F)c1C(=O)c1cnc(NC(CCN(C)S(C)=O)C(C)=O)nc1N. The monoisotopic (exact) mass is 455 g/mol. The van der Waals surface area contributed by atoms with Gasteiger partial charge in [-0.3, -0.25) is 9.59 Å². The molecule has 0 aliphatic rings. The third-order valence-corrected chi connectivity index (χ3v) is 5.59. The van der Waals surface area contributed by atoms with Crippen LogP contribution in [0.3, 0.4) is 0 Å². The van der Waals surface area contributed by atoms with Gasteiger partial charge in [-0.15, -0.1) is 0 Å². The summed E-state index contributed by atoms with van der Waals surface area (Å²) in [5.41, 5.74) is 4.97. The molecule has 2 unspecified atom stereocenters. The van der Waals surface area contributed by atoms with E-state index >= 15 is 0 Å². The number of carbonyl (C=O) groups excluding carboxylic acids is 2. The van der Waals surface area contributed by atoms with Gasteiger partial charge in [0.25, 0.3) is 0 Å². The predicted molar refractivity (Wildman–Crippen MR) is 112 cm³/mol. The van der Waals surface area contributed by atoms with E-state index in [2.05, 4.69) is 15.3 Å². The predicted octanol–water partition coefficient (Wildman–Crippen LogP) is 1.56. The minimum Gasteiger partial charge on any atom is -0.496 e. The maximum Gasteiger partial charge on any atom is 0.225 e. The summed E-state index contributed by atoms with van der Waals surface area (Å²) in [7, 11) is 1.68. The minimum absolute atomic E-state index is 0.0267. The third kappa shape index (κ3) is 5.79. The zero-order valence-electron chi connectivity index (χ0n) is 17.4. The van der Waals surface area contributed by atoms with Crippen molar-refractivity contribution in [3.8, 4) is 5.75 Å². The van der Waals surface area contributed by atoms with Gasteiger partial charge in [-0.1, -0.05) is 0 Å². The highest BCUT2D eigenvalue weighted by Crippen LogP contribution is 2.27. The quantitative estimate of drug-likeness (QED) is 0.517. The standard InChI is InChI=1S/C19H23F2N5O4S/c1-10(27)13(7-8-26(2)31(4)29)24-19-23-9-11(18(22)25-19)17(28)15-14(30-3)6-5-12(20)16(15)21/h5-6,9,13H,7-8H2,1-4H3,(H3,22,23,24,25). The van der Waals surface area contributed by atoms with Crippen LogP contribution in [-0.2, 0) is 15.8 Å². The molecule has 2 rings (SSSR count). The average Bonchev–Trinajstić information content (AvgIpc) is 2.71. The molecular formula is C19H23F2N5O4S. The number of methoxy groups -OCH3 is 1. The summed E-state index contributed by atoms with van der Waals surface area (Å²) in [6.45, 7) is 1.74. The molecule has 0 aliphatic heterocycles. The van der Waals surface area contributed by atoms with Gasteiger partial charge in [0.1, 0.15) is 17.1 Å². The largest absolute Gasteiger partial charge is 0.496 e. The Kier molecular flexibility index (Phi) is 8.11. The van der Waals surface area contributed by atoms with Gasteiger partial charge < -0.3 is 15.8 Å². The number of anilines is 2. The lowest BCUT2D eigenvalue weighted by molar-refractivity contribution is -0.117. The van der Waals surface area contributed by atoms with Crippen molar-refractivity contribution in [2.75, 3.05) is 38.0 Å². The first-order chi connectivity index (χ1) is 14.6. The number of Topliss-reactive ketones (excluding diaryl/α,β-unsaturated/α-hetero) is 1. The van der Waals surface area contributed by atoms with E-state index in [0.29, 0.717) is 13.0 Å². The summed E-state index contributed by atoms with van der Waals surface area (Å²) >= 11 is 0. The van der Waals surface area contributed by atoms with Crippen molar-refractivity contribution >= 4 is 34.3 Å². The van der Waals surface area contributed by atoms with Gasteiger partial charge in [0.15, 0.2) is 17.4 Å². The first-order valence-corrected chi connectivity index (χ1v) is 10.6. The van der Waals surface area contributed by atoms with E-state index < -0.39 is 40.0 Å². The van der Waals surface area contributed by atoms with E-state index in [1.807, 2.05) is 0 Å². The zero-order chi connectivity index (χ0) is 23.3. The number of ketones is 2. The molecule has 0 saturated carbocycles. The summed E-state index contributed by atoms with van der Waals surface area (Å²) < 4.78 is 45.8. The fourth-order valence-electron chi connectivity index (χ4n) is 2.66. The molecule has 0 fully saturated rings. The van der Waals surface area contributed by atoms with Crippen molar-refractivity contribution in [2.45, 2.75) is 19.4 Å². The van der Waals surface area contributed by atoms with Gasteiger partial charge in [-0.2, -0.15) is 4.98 Å². The van der Waals surface area contributed by atoms with Gasteiger partial charge in [0.05, 0.1) is 29.7 Å². The van der Waals surface area contributed by atoms with Crippen LogP contribution in [0.25, 0.3) is 0 Å². The van der Waals surface area contributed by atoms with E-state index in [4.69, 9.17) is 10.5 Å². The van der Waals surface area contributed by atoms with E-state index in [0.717, 1.165) is 18.3 Å². The Labute approximate surface area is 180 Å². The molecule has 0 bridgehead atoms. The second-order valence-electron chi connectivity index (χ2n) is 6.63. The molecule has 0 saturated heterocycles. The van der Waals surface area contributed by atoms with E-state index in [-0.39, 0.29) is 28.9 Å². The van der Waals surface area contributed by atoms with Crippen molar-refractivity contribution < 1.29 is 27.3 Å². The number of hydrogen-bond acceptors (Lipinski definition) is 8. The third-order valence-electron chi connectivity index (χ3n) is 4.53. The average molecular weight is 455 g/mol. The highest BCUT2D eigenvalue weighted by Gasteiger charge is 2.25. The van der Waals surface area contributed by atoms with Crippen LogP contribution in [0.1, 0.15) is 29.3 Å². The summed E-state index contributed by atoms with van der Waals surface area (Å²) in [4.78, 5) is 32.6. The topological polar surface area (TPSA) is 128 Å². The number of hydrogen-bond donors (Lipinski definition) is 2. The molecule has 168 valence electrons. The number of halogens is 2. The lowest BCUT2D eigenvalue weighted by Crippen LogP contribution is -2.33. The maximum atomic E-state index is 14.2. The Morgan fingerprint density at radius 1 is 1.35 bits per heavy atom. The molecule has 2 aromatic rings.